The topological polar surface area (TPSA) is 86.8 Å². The molecule has 1 atom stereocenters. The summed E-state index contributed by atoms with van der Waals surface area (Å²) in [7, 11) is -2.57. The van der Waals surface area contributed by atoms with Gasteiger partial charge in [-0.1, -0.05) is 57.9 Å². The van der Waals surface area contributed by atoms with Gasteiger partial charge in [-0.25, -0.2) is 8.42 Å². The molecule has 0 aliphatic heterocycles. The van der Waals surface area contributed by atoms with Crippen LogP contribution < -0.4 is 9.62 Å². The normalized spacial score (nSPS) is 12.0. The highest BCUT2D eigenvalue weighted by Crippen LogP contribution is 2.26. The van der Waals surface area contributed by atoms with Crippen LogP contribution in [0.1, 0.15) is 23.6 Å². The van der Waals surface area contributed by atoms with Crippen molar-refractivity contribution in [3.8, 4) is 0 Å². The van der Waals surface area contributed by atoms with E-state index < -0.39 is 28.5 Å². The first-order chi connectivity index (χ1) is 17.0. The quantitative estimate of drug-likeness (QED) is 0.411. The number of anilines is 1. The third-order valence-electron chi connectivity index (χ3n) is 6.02. The average Bonchev–Trinajstić information content (AvgIpc) is 2.86. The fourth-order valence-corrected chi connectivity index (χ4v) is 5.41. The summed E-state index contributed by atoms with van der Waals surface area (Å²) in [4.78, 5) is 27.8. The molecule has 0 heterocycles. The molecular weight excluding hydrogens is 542 g/mol. The van der Waals surface area contributed by atoms with E-state index in [0.717, 1.165) is 25.5 Å². The molecule has 1 unspecified atom stereocenters. The van der Waals surface area contributed by atoms with E-state index in [1.54, 1.807) is 43.3 Å². The molecule has 0 bridgehead atoms. The van der Waals surface area contributed by atoms with Gasteiger partial charge in [-0.05, 0) is 68.3 Å². The number of hydrogen-bond acceptors (Lipinski definition) is 4. The van der Waals surface area contributed by atoms with Gasteiger partial charge in [0, 0.05) is 18.1 Å². The van der Waals surface area contributed by atoms with Crippen LogP contribution in [-0.4, -0.2) is 44.8 Å². The minimum atomic E-state index is -4.07. The first-order valence-corrected chi connectivity index (χ1v) is 13.7. The molecule has 0 radical (unpaired) electrons. The van der Waals surface area contributed by atoms with Gasteiger partial charge in [0.15, 0.2) is 0 Å². The van der Waals surface area contributed by atoms with Gasteiger partial charge in [0.1, 0.15) is 12.6 Å². The Morgan fingerprint density at radius 1 is 0.944 bits per heavy atom. The number of nitrogens with one attached hydrogen (secondary N) is 1. The summed E-state index contributed by atoms with van der Waals surface area (Å²) < 4.78 is 29.3. The monoisotopic (exact) mass is 571 g/mol. The number of rotatable bonds is 9. The van der Waals surface area contributed by atoms with Crippen LogP contribution in [0.5, 0.6) is 0 Å². The number of sulfonamides is 1. The first kappa shape index (κ1) is 27.4. The fraction of sp³-hybridized carbons (Fsp3) is 0.259. The predicted octanol–water partition coefficient (Wildman–Crippen LogP) is 4.42. The SMILES string of the molecule is CNC(=O)C(C)N(Cc1ccccc1C)C(=O)CN(c1ccc(Br)cc1)S(=O)(=O)c1ccc(C)cc1. The van der Waals surface area contributed by atoms with Crippen molar-refractivity contribution in [3.05, 3.63) is 94.0 Å². The standard InChI is InChI=1S/C27H30BrN3O4S/c1-19-9-15-25(16-10-19)36(34,35)31(24-13-11-23(28)12-14-24)18-26(32)30(21(3)27(33)29-4)17-22-8-6-5-7-20(22)2/h5-16,21H,17-18H2,1-4H3,(H,29,33). The van der Waals surface area contributed by atoms with Crippen LogP contribution in [0.4, 0.5) is 5.69 Å². The number of halogens is 1. The zero-order valence-corrected chi connectivity index (χ0v) is 23.1. The van der Waals surface area contributed by atoms with E-state index in [0.29, 0.717) is 5.69 Å². The molecule has 0 fully saturated rings. The number of carbonyl (C=O) groups excluding carboxylic acids is 2. The Labute approximate surface area is 221 Å². The Morgan fingerprint density at radius 2 is 1.56 bits per heavy atom. The number of aryl methyl sites for hydroxylation is 2. The van der Waals surface area contributed by atoms with E-state index in [9.17, 15) is 18.0 Å². The molecule has 3 rings (SSSR count). The minimum Gasteiger partial charge on any atom is -0.357 e. The number of nitrogens with zero attached hydrogens (tertiary/aromatic N) is 2. The molecule has 3 aromatic rings. The third-order valence-corrected chi connectivity index (χ3v) is 8.33. The Balaban J connectivity index is 2.03. The van der Waals surface area contributed by atoms with Crippen LogP contribution in [0.25, 0.3) is 0 Å². The molecule has 190 valence electrons. The van der Waals surface area contributed by atoms with Crippen LogP contribution in [0.2, 0.25) is 0 Å². The molecule has 0 aliphatic carbocycles. The molecule has 0 saturated carbocycles. The molecule has 0 spiro atoms. The van der Waals surface area contributed by atoms with E-state index >= 15 is 0 Å². The lowest BCUT2D eigenvalue weighted by molar-refractivity contribution is -0.139. The number of hydrogen-bond donors (Lipinski definition) is 1. The summed E-state index contributed by atoms with van der Waals surface area (Å²) in [5.41, 5.74) is 3.11. The molecule has 2 amide bonds. The highest BCUT2D eigenvalue weighted by molar-refractivity contribution is 9.10. The van der Waals surface area contributed by atoms with Crippen LogP contribution >= 0.6 is 15.9 Å². The fourth-order valence-electron chi connectivity index (χ4n) is 3.74. The maximum absolute atomic E-state index is 13.7. The highest BCUT2D eigenvalue weighted by Gasteiger charge is 2.32. The zero-order chi connectivity index (χ0) is 26.5. The largest absolute Gasteiger partial charge is 0.357 e. The van der Waals surface area contributed by atoms with Crippen molar-refractivity contribution in [3.63, 3.8) is 0 Å². The summed E-state index contributed by atoms with van der Waals surface area (Å²) in [6.07, 6.45) is 0. The third kappa shape index (κ3) is 6.33. The lowest BCUT2D eigenvalue weighted by atomic mass is 10.1. The summed E-state index contributed by atoms with van der Waals surface area (Å²) in [5, 5.41) is 2.58. The van der Waals surface area contributed by atoms with E-state index in [4.69, 9.17) is 0 Å². The Kier molecular flexibility index (Phi) is 8.92. The van der Waals surface area contributed by atoms with Gasteiger partial charge in [0.25, 0.3) is 10.0 Å². The highest BCUT2D eigenvalue weighted by atomic mass is 79.9. The molecule has 9 heteroatoms. The van der Waals surface area contributed by atoms with E-state index in [-0.39, 0.29) is 17.3 Å². The summed E-state index contributed by atoms with van der Waals surface area (Å²) in [6, 6.07) is 20.0. The first-order valence-electron chi connectivity index (χ1n) is 11.4. The second-order valence-electron chi connectivity index (χ2n) is 8.54. The van der Waals surface area contributed by atoms with Crippen molar-refractivity contribution in [1.29, 1.82) is 0 Å². The van der Waals surface area contributed by atoms with E-state index in [1.165, 1.54) is 24.1 Å². The summed E-state index contributed by atoms with van der Waals surface area (Å²) in [5.74, 6) is -0.832. The van der Waals surface area contributed by atoms with E-state index in [2.05, 4.69) is 21.2 Å². The Bertz CT molecular complexity index is 1330. The number of amides is 2. The van der Waals surface area contributed by atoms with Crippen molar-refractivity contribution in [2.75, 3.05) is 17.9 Å². The molecule has 0 saturated heterocycles. The second kappa shape index (κ2) is 11.7. The van der Waals surface area contributed by atoms with Gasteiger partial charge in [-0.3, -0.25) is 13.9 Å². The van der Waals surface area contributed by atoms with Crippen molar-refractivity contribution in [2.24, 2.45) is 0 Å². The second-order valence-corrected chi connectivity index (χ2v) is 11.3. The molecule has 7 nitrogen and oxygen atoms in total. The lowest BCUT2D eigenvalue weighted by Gasteiger charge is -2.32. The van der Waals surface area contributed by atoms with Crippen molar-refractivity contribution >= 4 is 43.5 Å². The number of benzene rings is 3. The average molecular weight is 573 g/mol. The Hall–Kier alpha value is -3.17. The molecule has 0 aromatic heterocycles. The molecular formula is C27H30BrN3O4S. The van der Waals surface area contributed by atoms with Gasteiger partial charge < -0.3 is 10.2 Å². The van der Waals surface area contributed by atoms with Gasteiger partial charge in [-0.15, -0.1) is 0 Å². The minimum absolute atomic E-state index is 0.0774. The molecule has 3 aromatic carbocycles. The zero-order valence-electron chi connectivity index (χ0n) is 20.7. The summed E-state index contributed by atoms with van der Waals surface area (Å²) in [6.45, 7) is 5.13. The lowest BCUT2D eigenvalue weighted by Crippen LogP contribution is -2.50. The predicted molar refractivity (Wildman–Crippen MR) is 145 cm³/mol. The van der Waals surface area contributed by atoms with Gasteiger partial charge >= 0.3 is 0 Å². The summed E-state index contributed by atoms with van der Waals surface area (Å²) >= 11 is 3.37. The van der Waals surface area contributed by atoms with Crippen molar-refractivity contribution in [1.82, 2.24) is 10.2 Å². The van der Waals surface area contributed by atoms with Crippen LogP contribution in [0.3, 0.4) is 0 Å². The molecule has 1 N–H and O–H groups in total. The van der Waals surface area contributed by atoms with Crippen molar-refractivity contribution < 1.29 is 18.0 Å². The number of carbonyl (C=O) groups is 2. The maximum atomic E-state index is 13.7. The smallest absolute Gasteiger partial charge is 0.264 e. The molecule has 0 aliphatic rings. The maximum Gasteiger partial charge on any atom is 0.264 e. The van der Waals surface area contributed by atoms with Gasteiger partial charge in [-0.2, -0.15) is 0 Å². The Morgan fingerprint density at radius 3 is 2.14 bits per heavy atom. The van der Waals surface area contributed by atoms with Crippen LogP contribution in [0.15, 0.2) is 82.2 Å². The molecule has 36 heavy (non-hydrogen) atoms. The van der Waals surface area contributed by atoms with Gasteiger partial charge in [0.05, 0.1) is 10.6 Å². The van der Waals surface area contributed by atoms with Crippen LogP contribution in [0, 0.1) is 13.8 Å². The van der Waals surface area contributed by atoms with Crippen molar-refractivity contribution in [2.45, 2.75) is 38.3 Å². The van der Waals surface area contributed by atoms with Gasteiger partial charge in [0.2, 0.25) is 11.8 Å². The number of likely N-dealkylation sites (N-methyl/N-ethyl adjacent to an activating group) is 1. The van der Waals surface area contributed by atoms with Crippen LogP contribution in [-0.2, 0) is 26.2 Å². The van der Waals surface area contributed by atoms with E-state index in [1.807, 2.05) is 38.1 Å².